The molecule has 1 N–H and O–H groups in total. The van der Waals surface area contributed by atoms with Gasteiger partial charge in [0, 0.05) is 38.1 Å². The molecule has 0 atom stereocenters. The molecule has 0 saturated heterocycles. The number of halogens is 1. The maximum Gasteiger partial charge on any atom is 0.305 e. The third-order valence-electron chi connectivity index (χ3n) is 4.02. The van der Waals surface area contributed by atoms with Crippen LogP contribution in [-0.2, 0) is 19.1 Å². The molecule has 0 aliphatic heterocycles. The highest BCUT2D eigenvalue weighted by molar-refractivity contribution is 9.09. The summed E-state index contributed by atoms with van der Waals surface area (Å²) in [6.07, 6.45) is 0.538. The molecule has 0 aromatic heterocycles. The SMILES string of the molecule is CN(CCC(=O)O)C(=O)c1cc(N(CCBr)CCOS(C)(=O)=O)c(C#N)cc1[N+](=O)[O-]. The second-order valence-electron chi connectivity index (χ2n) is 6.33. The molecule has 0 fully saturated rings. The van der Waals surface area contributed by atoms with E-state index < -0.39 is 32.6 Å². The van der Waals surface area contributed by atoms with Gasteiger partial charge in [0.15, 0.2) is 0 Å². The van der Waals surface area contributed by atoms with Crippen LogP contribution in [0.1, 0.15) is 22.3 Å². The minimum atomic E-state index is -3.70. The number of carboxylic acids is 1. The van der Waals surface area contributed by atoms with E-state index in [2.05, 4.69) is 15.9 Å². The minimum absolute atomic E-state index is 0.0215. The summed E-state index contributed by atoms with van der Waals surface area (Å²) in [5.74, 6) is -1.92. The second-order valence-corrected chi connectivity index (χ2v) is 8.76. The molecule has 0 radical (unpaired) electrons. The van der Waals surface area contributed by atoms with Gasteiger partial charge in [-0.2, -0.15) is 13.7 Å². The summed E-state index contributed by atoms with van der Waals surface area (Å²) in [4.78, 5) is 36.8. The third-order valence-corrected chi connectivity index (χ3v) is 4.97. The number of carbonyl (C=O) groups is 2. The van der Waals surface area contributed by atoms with E-state index in [9.17, 15) is 33.4 Å². The number of anilines is 1. The van der Waals surface area contributed by atoms with Crippen LogP contribution in [0.25, 0.3) is 0 Å². The molecule has 1 amide bonds. The average Bonchev–Trinajstić information content (AvgIpc) is 2.68. The van der Waals surface area contributed by atoms with Crippen LogP contribution in [0.3, 0.4) is 0 Å². The summed E-state index contributed by atoms with van der Waals surface area (Å²) >= 11 is 3.25. The van der Waals surface area contributed by atoms with Gasteiger partial charge in [0.25, 0.3) is 21.7 Å². The number of nitriles is 1. The van der Waals surface area contributed by atoms with Crippen molar-refractivity contribution in [3.63, 3.8) is 0 Å². The first-order chi connectivity index (χ1) is 14.4. The molecule has 0 saturated carbocycles. The summed E-state index contributed by atoms with van der Waals surface area (Å²) in [6, 6.07) is 3.99. The molecule has 1 aromatic carbocycles. The maximum atomic E-state index is 12.8. The van der Waals surface area contributed by atoms with Gasteiger partial charge in [-0.3, -0.25) is 23.9 Å². The summed E-state index contributed by atoms with van der Waals surface area (Å²) in [5.41, 5.74) is -0.828. The molecule has 0 unspecified atom stereocenters. The van der Waals surface area contributed by atoms with E-state index in [0.717, 1.165) is 17.2 Å². The second kappa shape index (κ2) is 11.6. The number of benzene rings is 1. The summed E-state index contributed by atoms with van der Waals surface area (Å²) in [6.45, 7) is -0.112. The normalized spacial score (nSPS) is 10.9. The topological polar surface area (TPSA) is 171 Å². The zero-order valence-corrected chi connectivity index (χ0v) is 19.2. The van der Waals surface area contributed by atoms with Crippen molar-refractivity contribution in [1.82, 2.24) is 4.90 Å². The maximum absolute atomic E-state index is 12.8. The molecule has 0 aliphatic carbocycles. The number of aliphatic carboxylic acids is 1. The predicted molar refractivity (Wildman–Crippen MR) is 114 cm³/mol. The number of nitro groups is 1. The van der Waals surface area contributed by atoms with Crippen molar-refractivity contribution in [2.24, 2.45) is 0 Å². The lowest BCUT2D eigenvalue weighted by molar-refractivity contribution is -0.385. The Morgan fingerprint density at radius 2 is 1.97 bits per heavy atom. The highest BCUT2D eigenvalue weighted by atomic mass is 79.9. The lowest BCUT2D eigenvalue weighted by Gasteiger charge is -2.25. The van der Waals surface area contributed by atoms with Crippen LogP contribution in [0.2, 0.25) is 0 Å². The van der Waals surface area contributed by atoms with Crippen molar-refractivity contribution in [3.8, 4) is 6.07 Å². The third kappa shape index (κ3) is 8.12. The number of hydrogen-bond acceptors (Lipinski definition) is 9. The van der Waals surface area contributed by atoms with Crippen LogP contribution in [0.15, 0.2) is 12.1 Å². The van der Waals surface area contributed by atoms with E-state index in [4.69, 9.17) is 9.29 Å². The molecule has 14 heteroatoms. The predicted octanol–water partition coefficient (Wildman–Crippen LogP) is 1.19. The molecule has 0 bridgehead atoms. The smallest absolute Gasteiger partial charge is 0.305 e. The van der Waals surface area contributed by atoms with Crippen LogP contribution < -0.4 is 4.90 Å². The molecule has 170 valence electrons. The quantitative estimate of drug-likeness (QED) is 0.182. The van der Waals surface area contributed by atoms with Gasteiger partial charge in [-0.25, -0.2) is 0 Å². The van der Waals surface area contributed by atoms with Crippen LogP contribution >= 0.6 is 15.9 Å². The van der Waals surface area contributed by atoms with Crippen LogP contribution in [0.4, 0.5) is 11.4 Å². The fourth-order valence-corrected chi connectivity index (χ4v) is 3.38. The fraction of sp³-hybridized carbons (Fsp3) is 0.471. The van der Waals surface area contributed by atoms with Crippen molar-refractivity contribution >= 4 is 49.3 Å². The Kier molecular flexibility index (Phi) is 9.82. The lowest BCUT2D eigenvalue weighted by Crippen LogP contribution is -2.32. The summed E-state index contributed by atoms with van der Waals surface area (Å²) in [7, 11) is -2.39. The van der Waals surface area contributed by atoms with E-state index in [-0.39, 0.29) is 49.5 Å². The van der Waals surface area contributed by atoms with Crippen LogP contribution in [0, 0.1) is 21.4 Å². The van der Waals surface area contributed by atoms with Crippen LogP contribution in [-0.4, -0.2) is 80.1 Å². The Bertz CT molecular complexity index is 993. The Labute approximate surface area is 187 Å². The van der Waals surface area contributed by atoms with E-state index >= 15 is 0 Å². The molecule has 31 heavy (non-hydrogen) atoms. The zero-order valence-electron chi connectivity index (χ0n) is 16.8. The van der Waals surface area contributed by atoms with Gasteiger partial charge < -0.3 is 14.9 Å². The van der Waals surface area contributed by atoms with Gasteiger partial charge in [-0.15, -0.1) is 0 Å². The number of carboxylic acid groups (broad SMARTS) is 1. The van der Waals surface area contributed by atoms with E-state index in [0.29, 0.717) is 5.33 Å². The molecule has 0 aliphatic rings. The van der Waals surface area contributed by atoms with Gasteiger partial charge >= 0.3 is 5.97 Å². The van der Waals surface area contributed by atoms with Crippen molar-refractivity contribution in [2.75, 3.05) is 49.8 Å². The highest BCUT2D eigenvalue weighted by Gasteiger charge is 2.27. The van der Waals surface area contributed by atoms with Gasteiger partial charge in [-0.05, 0) is 6.07 Å². The molecule has 0 heterocycles. The Morgan fingerprint density at radius 1 is 1.32 bits per heavy atom. The van der Waals surface area contributed by atoms with E-state index in [1.54, 1.807) is 4.90 Å². The lowest BCUT2D eigenvalue weighted by atomic mass is 10.0. The molecule has 1 aromatic rings. The number of nitro benzene ring substituents is 1. The number of alkyl halides is 1. The molecular formula is C17H21BrN4O8S. The Hall–Kier alpha value is -2.76. The summed E-state index contributed by atoms with van der Waals surface area (Å²) in [5, 5.41) is 30.2. The minimum Gasteiger partial charge on any atom is -0.481 e. The fourth-order valence-electron chi connectivity index (χ4n) is 2.57. The van der Waals surface area contributed by atoms with Gasteiger partial charge in [0.1, 0.15) is 11.6 Å². The van der Waals surface area contributed by atoms with Gasteiger partial charge in [0.05, 0.1) is 35.5 Å². The zero-order chi connectivity index (χ0) is 23.8. The first-order valence-electron chi connectivity index (χ1n) is 8.76. The van der Waals surface area contributed by atoms with Crippen LogP contribution in [0.5, 0.6) is 0 Å². The number of carbonyl (C=O) groups excluding carboxylic acids is 1. The molecule has 0 spiro atoms. The number of amides is 1. The van der Waals surface area contributed by atoms with Crippen molar-refractivity contribution in [3.05, 3.63) is 33.4 Å². The van der Waals surface area contributed by atoms with Gasteiger partial charge in [0.2, 0.25) is 0 Å². The number of nitrogens with zero attached hydrogens (tertiary/aromatic N) is 4. The first kappa shape index (κ1) is 26.3. The molecular weight excluding hydrogens is 500 g/mol. The average molecular weight is 521 g/mol. The van der Waals surface area contributed by atoms with Gasteiger partial charge in [-0.1, -0.05) is 15.9 Å². The largest absolute Gasteiger partial charge is 0.481 e. The van der Waals surface area contributed by atoms with Crippen molar-refractivity contribution in [2.45, 2.75) is 6.42 Å². The van der Waals surface area contributed by atoms with E-state index in [1.165, 1.54) is 13.1 Å². The number of rotatable bonds is 12. The van der Waals surface area contributed by atoms with Crippen molar-refractivity contribution < 1.29 is 32.2 Å². The van der Waals surface area contributed by atoms with E-state index in [1.807, 2.05) is 6.07 Å². The molecule has 1 rings (SSSR count). The Morgan fingerprint density at radius 3 is 2.45 bits per heavy atom. The standard InChI is InChI=1S/C17H21BrN4O8S/c1-20(5-3-16(23)24)17(25)13-10-14(12(11-19)9-15(13)22(26)27)21(6-4-18)7-8-30-31(2,28)29/h9-10H,3-8H2,1-2H3,(H,23,24). The highest BCUT2D eigenvalue weighted by Crippen LogP contribution is 2.30. The Balaban J connectivity index is 3.42. The first-order valence-corrected chi connectivity index (χ1v) is 11.7. The monoisotopic (exact) mass is 520 g/mol. The van der Waals surface area contributed by atoms with Crippen molar-refractivity contribution in [1.29, 1.82) is 5.26 Å². The number of hydrogen-bond donors (Lipinski definition) is 1. The summed E-state index contributed by atoms with van der Waals surface area (Å²) < 4.78 is 27.1. The molecule has 12 nitrogen and oxygen atoms in total.